The molecule has 1 amide bonds. The Kier molecular flexibility index (Phi) is 4.62. The maximum atomic E-state index is 13.3. The number of carbonyl (C=O) groups is 1. The van der Waals surface area contributed by atoms with Crippen molar-refractivity contribution >= 4 is 17.5 Å². The van der Waals surface area contributed by atoms with E-state index >= 15 is 0 Å². The molecular formula is C18H16ClF2NO. The second-order valence-electron chi connectivity index (χ2n) is 5.74. The van der Waals surface area contributed by atoms with Gasteiger partial charge >= 0.3 is 0 Å². The van der Waals surface area contributed by atoms with Crippen molar-refractivity contribution in [3.8, 4) is 0 Å². The van der Waals surface area contributed by atoms with Gasteiger partial charge in [0.15, 0.2) is 11.6 Å². The molecule has 0 saturated carbocycles. The van der Waals surface area contributed by atoms with Crippen molar-refractivity contribution in [2.45, 2.75) is 25.2 Å². The summed E-state index contributed by atoms with van der Waals surface area (Å²) in [5, 5.41) is 2.69. The van der Waals surface area contributed by atoms with Crippen LogP contribution < -0.4 is 5.32 Å². The summed E-state index contributed by atoms with van der Waals surface area (Å²) in [6, 6.07) is 9.85. The number of nitrogens with one attached hydrogen (secondary N) is 1. The monoisotopic (exact) mass is 335 g/mol. The van der Waals surface area contributed by atoms with Crippen molar-refractivity contribution in [2.24, 2.45) is 0 Å². The number of rotatable bonds is 3. The molecule has 3 rings (SSSR count). The Hall–Kier alpha value is -1.94. The van der Waals surface area contributed by atoms with E-state index in [0.717, 1.165) is 31.4 Å². The van der Waals surface area contributed by atoms with Crippen LogP contribution in [0.15, 0.2) is 36.4 Å². The van der Waals surface area contributed by atoms with Gasteiger partial charge in [-0.2, -0.15) is 0 Å². The molecule has 0 saturated heterocycles. The molecule has 2 aromatic rings. The average Bonchev–Trinajstić information content (AvgIpc) is 2.56. The van der Waals surface area contributed by atoms with E-state index in [-0.39, 0.29) is 16.5 Å². The molecule has 5 heteroatoms. The molecular weight excluding hydrogens is 320 g/mol. The number of halogens is 3. The molecule has 0 bridgehead atoms. The molecule has 1 aliphatic carbocycles. The lowest BCUT2D eigenvalue weighted by Crippen LogP contribution is -2.30. The molecule has 23 heavy (non-hydrogen) atoms. The molecule has 120 valence electrons. The van der Waals surface area contributed by atoms with Crippen molar-refractivity contribution in [2.75, 3.05) is 6.54 Å². The van der Waals surface area contributed by atoms with Gasteiger partial charge in [-0.05, 0) is 42.5 Å². The Morgan fingerprint density at radius 1 is 1.22 bits per heavy atom. The Morgan fingerprint density at radius 3 is 2.78 bits per heavy atom. The SMILES string of the molecule is O=C(NCC1CCCc2ccccc21)c1cc(F)c(F)cc1Cl. The van der Waals surface area contributed by atoms with Gasteiger partial charge in [-0.15, -0.1) is 0 Å². The first-order valence-electron chi connectivity index (χ1n) is 7.57. The number of benzene rings is 2. The minimum absolute atomic E-state index is 0.0466. The molecule has 0 aromatic heterocycles. The summed E-state index contributed by atoms with van der Waals surface area (Å²) in [7, 11) is 0. The summed E-state index contributed by atoms with van der Waals surface area (Å²) in [5.41, 5.74) is 2.51. The fraction of sp³-hybridized carbons (Fsp3) is 0.278. The number of carbonyl (C=O) groups excluding carboxylic acids is 1. The first-order valence-corrected chi connectivity index (χ1v) is 7.94. The largest absolute Gasteiger partial charge is 0.351 e. The van der Waals surface area contributed by atoms with Gasteiger partial charge < -0.3 is 5.32 Å². The number of aryl methyl sites for hydroxylation is 1. The predicted molar refractivity (Wildman–Crippen MR) is 85.8 cm³/mol. The molecule has 1 N–H and O–H groups in total. The van der Waals surface area contributed by atoms with Crippen LogP contribution in [0.3, 0.4) is 0 Å². The van der Waals surface area contributed by atoms with Crippen LogP contribution in [-0.2, 0) is 6.42 Å². The molecule has 2 aromatic carbocycles. The molecule has 1 unspecified atom stereocenters. The van der Waals surface area contributed by atoms with Gasteiger partial charge in [0.25, 0.3) is 5.91 Å². The second kappa shape index (κ2) is 6.67. The third-order valence-electron chi connectivity index (χ3n) is 4.26. The smallest absolute Gasteiger partial charge is 0.252 e. The lowest BCUT2D eigenvalue weighted by Gasteiger charge is -2.25. The fourth-order valence-electron chi connectivity index (χ4n) is 3.07. The third-order valence-corrected chi connectivity index (χ3v) is 4.57. The van der Waals surface area contributed by atoms with Crippen LogP contribution in [0.5, 0.6) is 0 Å². The normalized spacial score (nSPS) is 16.7. The van der Waals surface area contributed by atoms with Gasteiger partial charge in [0, 0.05) is 12.5 Å². The van der Waals surface area contributed by atoms with Crippen LogP contribution in [0, 0.1) is 11.6 Å². The van der Waals surface area contributed by atoms with E-state index in [1.807, 2.05) is 12.1 Å². The lowest BCUT2D eigenvalue weighted by molar-refractivity contribution is 0.0950. The number of hydrogen-bond acceptors (Lipinski definition) is 1. The van der Waals surface area contributed by atoms with E-state index in [0.29, 0.717) is 6.54 Å². The van der Waals surface area contributed by atoms with Crippen molar-refractivity contribution < 1.29 is 13.6 Å². The molecule has 0 heterocycles. The van der Waals surface area contributed by atoms with Gasteiger partial charge in [0.05, 0.1) is 10.6 Å². The number of fused-ring (bicyclic) bond motifs is 1. The van der Waals surface area contributed by atoms with E-state index < -0.39 is 17.5 Å². The first-order chi connectivity index (χ1) is 11.1. The summed E-state index contributed by atoms with van der Waals surface area (Å²) in [6.45, 7) is 0.450. The van der Waals surface area contributed by atoms with E-state index in [4.69, 9.17) is 11.6 Å². The molecule has 0 aliphatic heterocycles. The minimum atomic E-state index is -1.08. The highest BCUT2D eigenvalue weighted by Gasteiger charge is 2.21. The minimum Gasteiger partial charge on any atom is -0.351 e. The fourth-order valence-corrected chi connectivity index (χ4v) is 3.31. The highest BCUT2D eigenvalue weighted by atomic mass is 35.5. The maximum absolute atomic E-state index is 13.3. The first kappa shape index (κ1) is 15.9. The third kappa shape index (κ3) is 3.37. The van der Waals surface area contributed by atoms with Gasteiger partial charge in [0.1, 0.15) is 0 Å². The quantitative estimate of drug-likeness (QED) is 0.824. The van der Waals surface area contributed by atoms with Crippen LogP contribution in [0.25, 0.3) is 0 Å². The van der Waals surface area contributed by atoms with E-state index in [9.17, 15) is 13.6 Å². The highest BCUT2D eigenvalue weighted by molar-refractivity contribution is 6.33. The summed E-state index contributed by atoms with van der Waals surface area (Å²) in [5.74, 6) is -2.40. The molecule has 1 aliphatic rings. The Morgan fingerprint density at radius 2 is 1.96 bits per heavy atom. The van der Waals surface area contributed by atoms with Crippen LogP contribution in [-0.4, -0.2) is 12.5 Å². The molecule has 0 fully saturated rings. The van der Waals surface area contributed by atoms with Crippen molar-refractivity contribution in [1.82, 2.24) is 5.32 Å². The van der Waals surface area contributed by atoms with Crippen molar-refractivity contribution in [3.05, 3.63) is 69.7 Å². The van der Waals surface area contributed by atoms with Gasteiger partial charge in [0.2, 0.25) is 0 Å². The van der Waals surface area contributed by atoms with Gasteiger partial charge in [-0.3, -0.25) is 4.79 Å². The number of amides is 1. The summed E-state index contributed by atoms with van der Waals surface area (Å²) < 4.78 is 26.4. The topological polar surface area (TPSA) is 29.1 Å². The standard InChI is InChI=1S/C18H16ClF2NO/c19-15-9-17(21)16(20)8-14(15)18(23)22-10-12-6-3-5-11-4-1-2-7-13(11)12/h1-2,4,7-9,12H,3,5-6,10H2,(H,22,23). The average molecular weight is 336 g/mol. The van der Waals surface area contributed by atoms with Crippen molar-refractivity contribution in [1.29, 1.82) is 0 Å². The van der Waals surface area contributed by atoms with Crippen LogP contribution >= 0.6 is 11.6 Å². The van der Waals surface area contributed by atoms with E-state index in [1.54, 1.807) is 0 Å². The molecule has 0 radical (unpaired) electrons. The van der Waals surface area contributed by atoms with E-state index in [2.05, 4.69) is 17.4 Å². The molecule has 0 spiro atoms. The molecule has 1 atom stereocenters. The van der Waals surface area contributed by atoms with Crippen molar-refractivity contribution in [3.63, 3.8) is 0 Å². The van der Waals surface area contributed by atoms with Gasteiger partial charge in [-0.25, -0.2) is 8.78 Å². The zero-order valence-corrected chi connectivity index (χ0v) is 13.2. The van der Waals surface area contributed by atoms with E-state index in [1.165, 1.54) is 11.1 Å². The van der Waals surface area contributed by atoms with Crippen LogP contribution in [0.1, 0.15) is 40.2 Å². The Labute approximate surface area is 138 Å². The zero-order chi connectivity index (χ0) is 16.4. The Balaban J connectivity index is 1.72. The summed E-state index contributed by atoms with van der Waals surface area (Å²) >= 11 is 5.83. The predicted octanol–water partition coefficient (Wildman–Crippen LogP) is 4.47. The molecule has 2 nitrogen and oxygen atoms in total. The second-order valence-corrected chi connectivity index (χ2v) is 6.15. The maximum Gasteiger partial charge on any atom is 0.252 e. The summed E-state index contributed by atoms with van der Waals surface area (Å²) in [6.07, 6.45) is 3.11. The number of hydrogen-bond donors (Lipinski definition) is 1. The van der Waals surface area contributed by atoms with Gasteiger partial charge in [-0.1, -0.05) is 35.9 Å². The highest BCUT2D eigenvalue weighted by Crippen LogP contribution is 2.31. The summed E-state index contributed by atoms with van der Waals surface area (Å²) in [4.78, 5) is 12.2. The van der Waals surface area contributed by atoms with Crippen LogP contribution in [0.4, 0.5) is 8.78 Å². The lowest BCUT2D eigenvalue weighted by atomic mass is 9.83. The zero-order valence-electron chi connectivity index (χ0n) is 12.4. The van der Waals surface area contributed by atoms with Crippen LogP contribution in [0.2, 0.25) is 5.02 Å². The Bertz CT molecular complexity index is 748.